The van der Waals surface area contributed by atoms with E-state index in [9.17, 15) is 14.4 Å². The van der Waals surface area contributed by atoms with Crippen molar-refractivity contribution in [3.05, 3.63) is 64.1 Å². The molecule has 0 spiro atoms. The fourth-order valence-corrected chi connectivity index (χ4v) is 2.82. The Labute approximate surface area is 166 Å². The van der Waals surface area contributed by atoms with Gasteiger partial charge in [-0.05, 0) is 30.8 Å². The molecule has 0 aromatic heterocycles. The van der Waals surface area contributed by atoms with Crippen molar-refractivity contribution in [1.29, 1.82) is 0 Å². The summed E-state index contributed by atoms with van der Waals surface area (Å²) in [6.07, 6.45) is 0. The van der Waals surface area contributed by atoms with Crippen LogP contribution in [-0.2, 0) is 9.59 Å². The van der Waals surface area contributed by atoms with Crippen LogP contribution in [0.25, 0.3) is 0 Å². The van der Waals surface area contributed by atoms with Crippen LogP contribution in [0.3, 0.4) is 0 Å². The van der Waals surface area contributed by atoms with Crippen LogP contribution in [0.1, 0.15) is 11.6 Å². The number of primary amides is 1. The molecule has 4 N–H and O–H groups in total. The van der Waals surface area contributed by atoms with E-state index < -0.39 is 18.0 Å². The van der Waals surface area contributed by atoms with Gasteiger partial charge in [-0.2, -0.15) is 0 Å². The average molecular weight is 409 g/mol. The number of rotatable bonds is 6. The van der Waals surface area contributed by atoms with Gasteiger partial charge in [0.25, 0.3) is 0 Å². The fraction of sp³-hybridized carbons (Fsp3) is 0.167. The fourth-order valence-electron chi connectivity index (χ4n) is 2.52. The Balaban J connectivity index is 2.13. The van der Waals surface area contributed by atoms with Gasteiger partial charge in [0.15, 0.2) is 0 Å². The molecule has 4 amide bonds. The van der Waals surface area contributed by atoms with Crippen molar-refractivity contribution in [3.63, 3.8) is 0 Å². The first-order valence-corrected chi connectivity index (χ1v) is 8.64. The number of nitrogens with zero attached hydrogens (tertiary/aromatic N) is 1. The normalized spacial score (nSPS) is 11.7. The molecule has 0 radical (unpaired) electrons. The van der Waals surface area contributed by atoms with Crippen molar-refractivity contribution in [2.45, 2.75) is 6.04 Å². The molecule has 0 aliphatic rings. The zero-order valence-corrected chi connectivity index (χ0v) is 15.9. The standard InChI is InChI=1S/C18H18Cl2N4O3/c1-24(10-15(25)22-12-7-8-13(19)14(20)9-12)16(17(26)23-18(21)27)11-5-3-2-4-6-11/h2-9,16H,10H2,1H3,(H,22,25)(H3,21,23,26,27). The van der Waals surface area contributed by atoms with Crippen molar-refractivity contribution in [2.75, 3.05) is 18.9 Å². The maximum atomic E-state index is 12.4. The van der Waals surface area contributed by atoms with E-state index in [2.05, 4.69) is 10.6 Å². The highest BCUT2D eigenvalue weighted by Gasteiger charge is 2.27. The second-order valence-corrected chi connectivity index (χ2v) is 6.57. The van der Waals surface area contributed by atoms with E-state index in [1.807, 2.05) is 0 Å². The van der Waals surface area contributed by atoms with Gasteiger partial charge in [-0.25, -0.2) is 4.79 Å². The first-order valence-electron chi connectivity index (χ1n) is 7.88. The van der Waals surface area contributed by atoms with Crippen molar-refractivity contribution in [3.8, 4) is 0 Å². The number of hydrogen-bond donors (Lipinski definition) is 3. The lowest BCUT2D eigenvalue weighted by molar-refractivity contribution is -0.126. The number of halogens is 2. The first kappa shape index (κ1) is 20.7. The molecule has 0 fully saturated rings. The molecule has 0 heterocycles. The number of carbonyl (C=O) groups is 3. The molecular weight excluding hydrogens is 391 g/mol. The number of benzene rings is 2. The Hall–Kier alpha value is -2.61. The summed E-state index contributed by atoms with van der Waals surface area (Å²) in [5.41, 5.74) is 6.13. The van der Waals surface area contributed by atoms with E-state index in [0.717, 1.165) is 0 Å². The lowest BCUT2D eigenvalue weighted by Crippen LogP contribution is -2.45. The van der Waals surface area contributed by atoms with Crippen molar-refractivity contribution >= 4 is 46.7 Å². The molecule has 1 atom stereocenters. The van der Waals surface area contributed by atoms with Gasteiger partial charge < -0.3 is 11.1 Å². The van der Waals surface area contributed by atoms with Crippen LogP contribution in [0.15, 0.2) is 48.5 Å². The van der Waals surface area contributed by atoms with Crippen LogP contribution in [-0.4, -0.2) is 36.3 Å². The molecular formula is C18H18Cl2N4O3. The van der Waals surface area contributed by atoms with E-state index in [-0.39, 0.29) is 12.5 Å². The molecule has 2 aromatic carbocycles. The highest BCUT2D eigenvalue weighted by Crippen LogP contribution is 2.25. The van der Waals surface area contributed by atoms with Gasteiger partial charge in [0.2, 0.25) is 11.8 Å². The van der Waals surface area contributed by atoms with E-state index in [0.29, 0.717) is 21.3 Å². The SMILES string of the molecule is CN(CC(=O)Nc1ccc(Cl)c(Cl)c1)C(C(=O)NC(N)=O)c1ccccc1. The Kier molecular flexibility index (Phi) is 7.18. The van der Waals surface area contributed by atoms with Gasteiger partial charge in [0.05, 0.1) is 16.6 Å². The van der Waals surface area contributed by atoms with Crippen LogP contribution >= 0.6 is 23.2 Å². The zero-order chi connectivity index (χ0) is 20.0. The molecule has 0 aliphatic heterocycles. The summed E-state index contributed by atoms with van der Waals surface area (Å²) in [7, 11) is 1.59. The average Bonchev–Trinajstić information content (AvgIpc) is 2.58. The maximum Gasteiger partial charge on any atom is 0.318 e. The van der Waals surface area contributed by atoms with Gasteiger partial charge in [-0.3, -0.25) is 19.8 Å². The summed E-state index contributed by atoms with van der Waals surface area (Å²) < 4.78 is 0. The number of hydrogen-bond acceptors (Lipinski definition) is 4. The predicted octanol–water partition coefficient (Wildman–Crippen LogP) is 2.80. The summed E-state index contributed by atoms with van der Waals surface area (Å²) in [4.78, 5) is 37.3. The third-order valence-corrected chi connectivity index (χ3v) is 4.39. The van der Waals surface area contributed by atoms with Crippen molar-refractivity contribution < 1.29 is 14.4 Å². The van der Waals surface area contributed by atoms with Gasteiger partial charge >= 0.3 is 6.03 Å². The molecule has 0 bridgehead atoms. The van der Waals surface area contributed by atoms with Crippen LogP contribution in [0, 0.1) is 0 Å². The number of nitrogens with two attached hydrogens (primary N) is 1. The lowest BCUT2D eigenvalue weighted by Gasteiger charge is -2.26. The maximum absolute atomic E-state index is 12.4. The number of imide groups is 1. The quantitative estimate of drug-likeness (QED) is 0.683. The summed E-state index contributed by atoms with van der Waals surface area (Å²) in [6, 6.07) is 11.6. The Bertz CT molecular complexity index is 846. The molecule has 0 aliphatic carbocycles. The number of likely N-dealkylation sites (N-methyl/N-ethyl adjacent to an activating group) is 1. The number of carbonyl (C=O) groups excluding carboxylic acids is 3. The van der Waals surface area contributed by atoms with E-state index in [1.54, 1.807) is 49.5 Å². The summed E-state index contributed by atoms with van der Waals surface area (Å²) in [5.74, 6) is -0.998. The van der Waals surface area contributed by atoms with Crippen LogP contribution < -0.4 is 16.4 Å². The highest BCUT2D eigenvalue weighted by molar-refractivity contribution is 6.42. The predicted molar refractivity (Wildman–Crippen MR) is 105 cm³/mol. The lowest BCUT2D eigenvalue weighted by atomic mass is 10.0. The minimum atomic E-state index is -0.963. The number of amides is 4. The molecule has 0 saturated carbocycles. The van der Waals surface area contributed by atoms with Gasteiger partial charge in [-0.15, -0.1) is 0 Å². The van der Waals surface area contributed by atoms with E-state index >= 15 is 0 Å². The number of nitrogens with one attached hydrogen (secondary N) is 2. The third kappa shape index (κ3) is 5.96. The molecule has 7 nitrogen and oxygen atoms in total. The van der Waals surface area contributed by atoms with Crippen LogP contribution in [0.5, 0.6) is 0 Å². The Morgan fingerprint density at radius 1 is 1.07 bits per heavy atom. The molecule has 2 rings (SSSR count). The Morgan fingerprint density at radius 3 is 2.33 bits per heavy atom. The van der Waals surface area contributed by atoms with E-state index in [4.69, 9.17) is 28.9 Å². The van der Waals surface area contributed by atoms with Gasteiger partial charge in [-0.1, -0.05) is 53.5 Å². The topological polar surface area (TPSA) is 105 Å². The monoisotopic (exact) mass is 408 g/mol. The number of urea groups is 1. The zero-order valence-electron chi connectivity index (χ0n) is 14.4. The molecule has 2 aromatic rings. The van der Waals surface area contributed by atoms with Crippen molar-refractivity contribution in [1.82, 2.24) is 10.2 Å². The van der Waals surface area contributed by atoms with Crippen molar-refractivity contribution in [2.24, 2.45) is 5.73 Å². The van der Waals surface area contributed by atoms with Crippen LogP contribution in [0.2, 0.25) is 10.0 Å². The molecule has 1 unspecified atom stereocenters. The van der Waals surface area contributed by atoms with Gasteiger partial charge in [0, 0.05) is 5.69 Å². The highest BCUT2D eigenvalue weighted by atomic mass is 35.5. The summed E-state index contributed by atoms with van der Waals surface area (Å²) in [5, 5.41) is 5.42. The molecule has 27 heavy (non-hydrogen) atoms. The van der Waals surface area contributed by atoms with Crippen LogP contribution in [0.4, 0.5) is 10.5 Å². The second-order valence-electron chi connectivity index (χ2n) is 5.76. The molecule has 9 heteroatoms. The van der Waals surface area contributed by atoms with Gasteiger partial charge in [0.1, 0.15) is 6.04 Å². The first-order chi connectivity index (χ1) is 12.8. The Morgan fingerprint density at radius 2 is 1.74 bits per heavy atom. The second kappa shape index (κ2) is 9.36. The minimum Gasteiger partial charge on any atom is -0.351 e. The largest absolute Gasteiger partial charge is 0.351 e. The van der Waals surface area contributed by atoms with E-state index in [1.165, 1.54) is 11.0 Å². The number of anilines is 1. The smallest absolute Gasteiger partial charge is 0.318 e. The minimum absolute atomic E-state index is 0.119. The molecule has 0 saturated heterocycles. The summed E-state index contributed by atoms with van der Waals surface area (Å²) >= 11 is 11.8. The third-order valence-electron chi connectivity index (χ3n) is 3.65. The molecule has 142 valence electrons. The summed E-state index contributed by atoms with van der Waals surface area (Å²) in [6.45, 7) is -0.119.